The van der Waals surface area contributed by atoms with E-state index < -0.39 is 0 Å². The lowest BCUT2D eigenvalue weighted by atomic mass is 9.96. The molecule has 0 bridgehead atoms. The van der Waals surface area contributed by atoms with E-state index in [-0.39, 0.29) is 5.82 Å². The van der Waals surface area contributed by atoms with Crippen LogP contribution in [-0.2, 0) is 13.0 Å². The molecule has 4 aromatic rings. The van der Waals surface area contributed by atoms with Gasteiger partial charge in [-0.2, -0.15) is 0 Å². The topological polar surface area (TPSA) is 26.0 Å². The fraction of sp³-hybridized carbons (Fsp3) is 0.120. The first-order chi connectivity index (χ1) is 13.2. The minimum atomic E-state index is -0.157. The molecule has 0 saturated heterocycles. The molecule has 1 nitrogen and oxygen atoms in total. The van der Waals surface area contributed by atoms with Gasteiger partial charge >= 0.3 is 0 Å². The van der Waals surface area contributed by atoms with Crippen LogP contribution in [0.15, 0.2) is 78.9 Å². The van der Waals surface area contributed by atoms with Crippen LogP contribution in [0.5, 0.6) is 0 Å². The number of rotatable bonds is 4. The third-order valence-electron chi connectivity index (χ3n) is 5.15. The Labute approximate surface area is 159 Å². The molecule has 0 aliphatic rings. The first-order valence-corrected chi connectivity index (χ1v) is 9.30. The van der Waals surface area contributed by atoms with Crippen LogP contribution in [-0.4, -0.2) is 0 Å². The van der Waals surface area contributed by atoms with E-state index in [1.165, 1.54) is 5.56 Å². The monoisotopic (exact) mass is 355 g/mol. The van der Waals surface area contributed by atoms with Crippen LogP contribution in [0, 0.1) is 5.82 Å². The lowest BCUT2D eigenvalue weighted by molar-refractivity contribution is 0.643. The van der Waals surface area contributed by atoms with Gasteiger partial charge in [0.05, 0.1) is 0 Å². The molecule has 0 heterocycles. The number of hydrogen-bond donors (Lipinski definition) is 1. The van der Waals surface area contributed by atoms with E-state index in [1.807, 2.05) is 60.7 Å². The summed E-state index contributed by atoms with van der Waals surface area (Å²) in [6.45, 7) is 2.65. The molecule has 0 radical (unpaired) electrons. The second kappa shape index (κ2) is 7.34. The minimum absolute atomic E-state index is 0.157. The lowest BCUT2D eigenvalue weighted by Gasteiger charge is -2.09. The van der Waals surface area contributed by atoms with Gasteiger partial charge in [0.15, 0.2) is 0 Å². The summed E-state index contributed by atoms with van der Waals surface area (Å²) in [6.07, 6.45) is 0.951. The number of hydrogen-bond acceptors (Lipinski definition) is 1. The standard InChI is InChI=1S/C25H22FN/c1-2-17-5-13-24-22(15-17)12-14-23(25(24)26)21-10-8-20(9-11-21)19-6-3-18(16-27)4-7-19/h3-15H,2,16,27H2,1H3. The Hall–Kier alpha value is -2.97. The van der Waals surface area contributed by atoms with E-state index in [2.05, 4.69) is 25.1 Å². The van der Waals surface area contributed by atoms with E-state index in [9.17, 15) is 0 Å². The van der Waals surface area contributed by atoms with Gasteiger partial charge in [-0.15, -0.1) is 0 Å². The largest absolute Gasteiger partial charge is 0.326 e. The van der Waals surface area contributed by atoms with Crippen molar-refractivity contribution < 1.29 is 4.39 Å². The van der Waals surface area contributed by atoms with Crippen molar-refractivity contribution in [2.45, 2.75) is 19.9 Å². The number of benzene rings is 4. The zero-order valence-electron chi connectivity index (χ0n) is 15.4. The summed E-state index contributed by atoms with van der Waals surface area (Å²) in [5.74, 6) is -0.157. The molecule has 27 heavy (non-hydrogen) atoms. The van der Waals surface area contributed by atoms with E-state index in [0.717, 1.165) is 34.1 Å². The van der Waals surface area contributed by atoms with Crippen molar-refractivity contribution >= 4 is 10.8 Å². The van der Waals surface area contributed by atoms with Crippen molar-refractivity contribution in [3.63, 3.8) is 0 Å². The Morgan fingerprint density at radius 1 is 0.704 bits per heavy atom. The fourth-order valence-electron chi connectivity index (χ4n) is 3.46. The van der Waals surface area contributed by atoms with Gasteiger partial charge in [0, 0.05) is 17.5 Å². The molecule has 0 aliphatic carbocycles. The van der Waals surface area contributed by atoms with Crippen LogP contribution in [0.4, 0.5) is 4.39 Å². The summed E-state index contributed by atoms with van der Waals surface area (Å²) in [5.41, 5.74) is 11.7. The quantitative estimate of drug-likeness (QED) is 0.454. The maximum absolute atomic E-state index is 15.1. The Morgan fingerprint density at radius 3 is 1.93 bits per heavy atom. The Bertz CT molecular complexity index is 1080. The van der Waals surface area contributed by atoms with Gasteiger partial charge in [-0.1, -0.05) is 85.8 Å². The highest BCUT2D eigenvalue weighted by Gasteiger charge is 2.10. The van der Waals surface area contributed by atoms with E-state index in [4.69, 9.17) is 5.73 Å². The Balaban J connectivity index is 1.70. The van der Waals surface area contributed by atoms with Gasteiger partial charge < -0.3 is 5.73 Å². The fourth-order valence-corrected chi connectivity index (χ4v) is 3.46. The highest BCUT2D eigenvalue weighted by atomic mass is 19.1. The van der Waals surface area contributed by atoms with Crippen molar-refractivity contribution in [1.29, 1.82) is 0 Å². The molecule has 0 aromatic heterocycles. The van der Waals surface area contributed by atoms with Crippen molar-refractivity contribution in [3.05, 3.63) is 95.8 Å². The molecule has 0 spiro atoms. The molecule has 0 fully saturated rings. The Morgan fingerprint density at radius 2 is 1.30 bits per heavy atom. The molecule has 2 N–H and O–H groups in total. The highest BCUT2D eigenvalue weighted by Crippen LogP contribution is 2.31. The highest BCUT2D eigenvalue weighted by molar-refractivity contribution is 5.89. The van der Waals surface area contributed by atoms with Crippen molar-refractivity contribution in [1.82, 2.24) is 0 Å². The van der Waals surface area contributed by atoms with Crippen LogP contribution in [0.3, 0.4) is 0 Å². The van der Waals surface area contributed by atoms with E-state index >= 15 is 4.39 Å². The predicted molar refractivity (Wildman–Crippen MR) is 112 cm³/mol. The van der Waals surface area contributed by atoms with Gasteiger partial charge in [0.1, 0.15) is 5.82 Å². The maximum Gasteiger partial charge on any atom is 0.138 e. The van der Waals surface area contributed by atoms with Gasteiger partial charge in [-0.25, -0.2) is 4.39 Å². The maximum atomic E-state index is 15.1. The molecular weight excluding hydrogens is 333 g/mol. The molecule has 0 aliphatic heterocycles. The van der Waals surface area contributed by atoms with Gasteiger partial charge in [-0.3, -0.25) is 0 Å². The van der Waals surface area contributed by atoms with Crippen LogP contribution >= 0.6 is 0 Å². The first-order valence-electron chi connectivity index (χ1n) is 9.30. The first kappa shape index (κ1) is 17.4. The lowest BCUT2D eigenvalue weighted by Crippen LogP contribution is -1.95. The SMILES string of the molecule is CCc1ccc2c(F)c(-c3ccc(-c4ccc(CN)cc4)cc3)ccc2c1. The molecular formula is C25H22FN. The Kier molecular flexibility index (Phi) is 4.74. The summed E-state index contributed by atoms with van der Waals surface area (Å²) in [7, 11) is 0. The molecule has 4 aromatic carbocycles. The van der Waals surface area contributed by atoms with Gasteiger partial charge in [0.2, 0.25) is 0 Å². The second-order valence-electron chi connectivity index (χ2n) is 6.81. The summed E-state index contributed by atoms with van der Waals surface area (Å²) in [4.78, 5) is 0. The van der Waals surface area contributed by atoms with Crippen molar-refractivity contribution in [2.24, 2.45) is 5.73 Å². The average molecular weight is 355 g/mol. The zero-order chi connectivity index (χ0) is 18.8. The molecule has 0 unspecified atom stereocenters. The third-order valence-corrected chi connectivity index (χ3v) is 5.15. The molecule has 2 heteroatoms. The van der Waals surface area contributed by atoms with E-state index in [0.29, 0.717) is 17.5 Å². The van der Waals surface area contributed by atoms with Crippen LogP contribution < -0.4 is 5.73 Å². The van der Waals surface area contributed by atoms with Crippen molar-refractivity contribution in [3.8, 4) is 22.3 Å². The predicted octanol–water partition coefficient (Wildman–Crippen LogP) is 6.33. The van der Waals surface area contributed by atoms with E-state index in [1.54, 1.807) is 0 Å². The van der Waals surface area contributed by atoms with Gasteiger partial charge in [-0.05, 0) is 39.6 Å². The molecule has 0 atom stereocenters. The summed E-state index contributed by atoms with van der Waals surface area (Å²) >= 11 is 0. The van der Waals surface area contributed by atoms with Crippen LogP contribution in [0.1, 0.15) is 18.1 Å². The number of halogens is 1. The molecule has 0 saturated carbocycles. The summed E-state index contributed by atoms with van der Waals surface area (Å²) < 4.78 is 15.1. The van der Waals surface area contributed by atoms with Crippen molar-refractivity contribution in [2.75, 3.05) is 0 Å². The smallest absolute Gasteiger partial charge is 0.138 e. The minimum Gasteiger partial charge on any atom is -0.326 e. The summed E-state index contributed by atoms with van der Waals surface area (Å²) in [6, 6.07) is 26.1. The zero-order valence-corrected chi connectivity index (χ0v) is 15.4. The number of fused-ring (bicyclic) bond motifs is 1. The van der Waals surface area contributed by atoms with Gasteiger partial charge in [0.25, 0.3) is 0 Å². The number of nitrogens with two attached hydrogens (primary N) is 1. The van der Waals surface area contributed by atoms with Crippen LogP contribution in [0.2, 0.25) is 0 Å². The molecule has 0 amide bonds. The second-order valence-corrected chi connectivity index (χ2v) is 6.81. The number of aryl methyl sites for hydroxylation is 1. The average Bonchev–Trinajstić information content (AvgIpc) is 2.74. The molecule has 4 rings (SSSR count). The third kappa shape index (κ3) is 3.36. The van der Waals surface area contributed by atoms with Crippen LogP contribution in [0.25, 0.3) is 33.0 Å². The summed E-state index contributed by atoms with van der Waals surface area (Å²) in [5, 5.41) is 1.62. The molecule has 134 valence electrons. The normalized spacial score (nSPS) is 11.1.